The van der Waals surface area contributed by atoms with E-state index in [-0.39, 0.29) is 17.9 Å². The van der Waals surface area contributed by atoms with E-state index in [2.05, 4.69) is 10.6 Å². The fourth-order valence-electron chi connectivity index (χ4n) is 2.88. The lowest BCUT2D eigenvalue weighted by Crippen LogP contribution is -2.42. The first-order chi connectivity index (χ1) is 12.1. The number of hydrogen-bond donors (Lipinski definition) is 2. The van der Waals surface area contributed by atoms with Crippen LogP contribution in [-0.4, -0.2) is 18.9 Å². The molecule has 0 spiro atoms. The van der Waals surface area contributed by atoms with Crippen LogP contribution in [0.4, 0.5) is 0 Å². The topological polar surface area (TPSA) is 67.4 Å². The fourth-order valence-corrected chi connectivity index (χ4v) is 2.88. The van der Waals surface area contributed by atoms with Crippen molar-refractivity contribution in [2.24, 2.45) is 5.41 Å². The van der Waals surface area contributed by atoms with E-state index in [1.54, 1.807) is 7.05 Å². The van der Waals surface area contributed by atoms with Crippen LogP contribution in [0.15, 0.2) is 54.6 Å². The van der Waals surface area contributed by atoms with Gasteiger partial charge in [0, 0.05) is 12.6 Å². The van der Waals surface area contributed by atoms with Gasteiger partial charge in [-0.05, 0) is 38.0 Å². The van der Waals surface area contributed by atoms with Gasteiger partial charge in [0.05, 0.1) is 6.04 Å². The van der Waals surface area contributed by atoms with Gasteiger partial charge in [-0.15, -0.1) is 0 Å². The highest BCUT2D eigenvalue weighted by atomic mass is 16.5. The second kappa shape index (κ2) is 6.97. The van der Waals surface area contributed by atoms with Gasteiger partial charge in [0.15, 0.2) is 0 Å². The minimum Gasteiger partial charge on any atom is -0.457 e. The summed E-state index contributed by atoms with van der Waals surface area (Å²) in [6, 6.07) is 16.8. The smallest absolute Gasteiger partial charge is 0.236 e. The summed E-state index contributed by atoms with van der Waals surface area (Å²) >= 11 is 0. The van der Waals surface area contributed by atoms with Crippen LogP contribution in [0.2, 0.25) is 0 Å². The molecule has 0 bridgehead atoms. The summed E-state index contributed by atoms with van der Waals surface area (Å²) in [4.78, 5) is 24.5. The molecule has 0 aromatic heterocycles. The summed E-state index contributed by atoms with van der Waals surface area (Å²) in [7, 11) is 1.56. The first-order valence-corrected chi connectivity index (χ1v) is 8.42. The molecule has 1 atom stereocenters. The zero-order valence-electron chi connectivity index (χ0n) is 14.4. The van der Waals surface area contributed by atoms with Gasteiger partial charge in [-0.25, -0.2) is 0 Å². The number of ether oxygens (including phenoxy) is 1. The number of nitrogens with one attached hydrogen (secondary N) is 2. The Morgan fingerprint density at radius 1 is 1.00 bits per heavy atom. The first kappa shape index (κ1) is 17.0. The van der Waals surface area contributed by atoms with Crippen molar-refractivity contribution in [3.63, 3.8) is 0 Å². The third-order valence-electron chi connectivity index (χ3n) is 4.55. The first-order valence-electron chi connectivity index (χ1n) is 8.42. The lowest BCUT2D eigenvalue weighted by molar-refractivity contribution is -0.137. The predicted molar refractivity (Wildman–Crippen MR) is 95.2 cm³/mol. The van der Waals surface area contributed by atoms with Crippen LogP contribution in [0.5, 0.6) is 11.5 Å². The zero-order valence-corrected chi connectivity index (χ0v) is 14.4. The van der Waals surface area contributed by atoms with Crippen molar-refractivity contribution in [3.8, 4) is 11.5 Å². The molecule has 3 rings (SSSR count). The average molecular weight is 338 g/mol. The van der Waals surface area contributed by atoms with Gasteiger partial charge in [-0.3, -0.25) is 9.59 Å². The molecule has 1 saturated carbocycles. The highest BCUT2D eigenvalue weighted by Crippen LogP contribution is 2.46. The Kier molecular flexibility index (Phi) is 4.74. The Labute approximate surface area is 147 Å². The van der Waals surface area contributed by atoms with Crippen LogP contribution in [0.25, 0.3) is 0 Å². The van der Waals surface area contributed by atoms with Crippen molar-refractivity contribution in [3.05, 3.63) is 60.2 Å². The van der Waals surface area contributed by atoms with E-state index in [1.165, 1.54) is 0 Å². The van der Waals surface area contributed by atoms with Crippen molar-refractivity contribution in [1.29, 1.82) is 0 Å². The van der Waals surface area contributed by atoms with Crippen molar-refractivity contribution >= 4 is 11.8 Å². The molecule has 2 aromatic carbocycles. The van der Waals surface area contributed by atoms with Gasteiger partial charge in [-0.1, -0.05) is 36.4 Å². The molecule has 5 heteroatoms. The SMILES string of the molecule is CNC(=O)C1(C(=O)N[C@H](C)c2ccccc2Oc2ccccc2)CC1. The Bertz CT molecular complexity index is 770. The molecule has 130 valence electrons. The minimum absolute atomic E-state index is 0.217. The average Bonchev–Trinajstić information content (AvgIpc) is 3.44. The molecular weight excluding hydrogens is 316 g/mol. The van der Waals surface area contributed by atoms with Crippen LogP contribution >= 0.6 is 0 Å². The Balaban J connectivity index is 1.75. The Morgan fingerprint density at radius 3 is 2.28 bits per heavy atom. The summed E-state index contributed by atoms with van der Waals surface area (Å²) in [6.45, 7) is 1.89. The van der Waals surface area contributed by atoms with Crippen LogP contribution < -0.4 is 15.4 Å². The molecule has 1 aliphatic rings. The standard InChI is InChI=1S/C20H22N2O3/c1-14(22-19(24)20(12-13-20)18(23)21-2)16-10-6-7-11-17(16)25-15-8-4-3-5-9-15/h3-11,14H,12-13H2,1-2H3,(H,21,23)(H,22,24)/t14-/m1/s1. The van der Waals surface area contributed by atoms with Gasteiger partial charge in [0.2, 0.25) is 11.8 Å². The maximum absolute atomic E-state index is 12.6. The number of hydrogen-bond acceptors (Lipinski definition) is 3. The van der Waals surface area contributed by atoms with Crippen LogP contribution in [0, 0.1) is 5.41 Å². The van der Waals surface area contributed by atoms with Gasteiger partial charge in [-0.2, -0.15) is 0 Å². The van der Waals surface area contributed by atoms with Crippen LogP contribution in [-0.2, 0) is 9.59 Å². The van der Waals surface area contributed by atoms with Gasteiger partial charge >= 0.3 is 0 Å². The molecule has 2 aromatic rings. The van der Waals surface area contributed by atoms with E-state index < -0.39 is 5.41 Å². The quantitative estimate of drug-likeness (QED) is 0.795. The number of carbonyl (C=O) groups excluding carboxylic acids is 2. The number of para-hydroxylation sites is 2. The van der Waals surface area contributed by atoms with E-state index in [0.717, 1.165) is 11.3 Å². The fraction of sp³-hybridized carbons (Fsp3) is 0.300. The van der Waals surface area contributed by atoms with E-state index in [4.69, 9.17) is 4.74 Å². The lowest BCUT2D eigenvalue weighted by atomic mass is 10.0. The molecule has 0 saturated heterocycles. The summed E-state index contributed by atoms with van der Waals surface area (Å²) in [5, 5.41) is 5.54. The number of amides is 2. The second-order valence-electron chi connectivity index (χ2n) is 6.31. The number of carbonyl (C=O) groups is 2. The molecule has 0 radical (unpaired) electrons. The van der Waals surface area contributed by atoms with Crippen LogP contribution in [0.3, 0.4) is 0 Å². The van der Waals surface area contributed by atoms with Gasteiger partial charge in [0.1, 0.15) is 16.9 Å². The lowest BCUT2D eigenvalue weighted by Gasteiger charge is -2.21. The molecule has 1 fully saturated rings. The molecule has 2 N–H and O–H groups in total. The van der Waals surface area contributed by atoms with Crippen molar-refractivity contribution < 1.29 is 14.3 Å². The molecule has 1 aliphatic carbocycles. The van der Waals surface area contributed by atoms with Gasteiger partial charge < -0.3 is 15.4 Å². The largest absolute Gasteiger partial charge is 0.457 e. The third-order valence-corrected chi connectivity index (χ3v) is 4.55. The van der Waals surface area contributed by atoms with Crippen LogP contribution in [0.1, 0.15) is 31.4 Å². The van der Waals surface area contributed by atoms with E-state index in [0.29, 0.717) is 18.6 Å². The number of rotatable bonds is 6. The predicted octanol–water partition coefficient (Wildman–Crippen LogP) is 3.18. The molecule has 25 heavy (non-hydrogen) atoms. The summed E-state index contributed by atoms with van der Waals surface area (Å²) < 4.78 is 5.95. The highest BCUT2D eigenvalue weighted by molar-refractivity contribution is 6.07. The summed E-state index contributed by atoms with van der Waals surface area (Å²) in [5.41, 5.74) is -0.0366. The summed E-state index contributed by atoms with van der Waals surface area (Å²) in [5.74, 6) is 0.976. The molecule has 0 aliphatic heterocycles. The molecular formula is C20H22N2O3. The third kappa shape index (κ3) is 3.50. The Hall–Kier alpha value is -2.82. The molecule has 5 nitrogen and oxygen atoms in total. The Morgan fingerprint density at radius 2 is 1.64 bits per heavy atom. The maximum Gasteiger partial charge on any atom is 0.236 e. The molecule has 2 amide bonds. The minimum atomic E-state index is -0.905. The summed E-state index contributed by atoms with van der Waals surface area (Å²) in [6.07, 6.45) is 1.18. The van der Waals surface area contributed by atoms with Gasteiger partial charge in [0.25, 0.3) is 0 Å². The van der Waals surface area contributed by atoms with E-state index >= 15 is 0 Å². The molecule has 0 heterocycles. The van der Waals surface area contributed by atoms with Crippen molar-refractivity contribution in [1.82, 2.24) is 10.6 Å². The highest BCUT2D eigenvalue weighted by Gasteiger charge is 2.56. The maximum atomic E-state index is 12.6. The zero-order chi connectivity index (χ0) is 17.9. The van der Waals surface area contributed by atoms with E-state index in [9.17, 15) is 9.59 Å². The van der Waals surface area contributed by atoms with Crippen molar-refractivity contribution in [2.45, 2.75) is 25.8 Å². The number of benzene rings is 2. The molecule has 0 unspecified atom stereocenters. The monoisotopic (exact) mass is 338 g/mol. The second-order valence-corrected chi connectivity index (χ2v) is 6.31. The normalized spacial score (nSPS) is 15.8. The van der Waals surface area contributed by atoms with Crippen molar-refractivity contribution in [2.75, 3.05) is 7.05 Å². The van der Waals surface area contributed by atoms with E-state index in [1.807, 2.05) is 61.5 Å².